The van der Waals surface area contributed by atoms with Gasteiger partial charge in [0, 0.05) is 69.7 Å². The third kappa shape index (κ3) is 15.9. The van der Waals surface area contributed by atoms with E-state index in [2.05, 4.69) is 36.8 Å². The summed E-state index contributed by atoms with van der Waals surface area (Å²) < 4.78 is 5.80. The van der Waals surface area contributed by atoms with Crippen LogP contribution >= 0.6 is 0 Å². The Morgan fingerprint density at radius 3 is 2.14 bits per heavy atom. The minimum atomic E-state index is -1.05. The molecule has 350 valence electrons. The molecule has 2 aliphatic heterocycles. The third-order valence-electron chi connectivity index (χ3n) is 12.0. The summed E-state index contributed by atoms with van der Waals surface area (Å²) in [5, 5.41) is 16.2. The van der Waals surface area contributed by atoms with Gasteiger partial charge in [-0.2, -0.15) is 0 Å². The molecule has 2 heterocycles. The van der Waals surface area contributed by atoms with Gasteiger partial charge in [-0.15, -0.1) is 0 Å². The zero-order valence-corrected chi connectivity index (χ0v) is 37.4. The Kier molecular flexibility index (Phi) is 20.0. The van der Waals surface area contributed by atoms with Crippen molar-refractivity contribution in [3.05, 3.63) is 65.7 Å². The predicted molar refractivity (Wildman–Crippen MR) is 239 cm³/mol. The average Bonchev–Trinajstić information content (AvgIpc) is 3.70. The minimum Gasteiger partial charge on any atom is -0.379 e. The first-order chi connectivity index (χ1) is 30.6. The number of hydrogen-bond acceptors (Lipinski definition) is 10. The minimum absolute atomic E-state index is 0.0806. The molecule has 2 aliphatic rings. The number of hydrogen-bond donors (Lipinski definition) is 8. The first-order valence-electron chi connectivity index (χ1n) is 22.0. The number of rotatable bonds is 23. The lowest BCUT2D eigenvalue weighted by atomic mass is 9.91. The van der Waals surface area contributed by atoms with Gasteiger partial charge in [-0.3, -0.25) is 33.6 Å². The molecule has 19 heteroatoms. The van der Waals surface area contributed by atoms with E-state index in [0.29, 0.717) is 31.5 Å². The number of amides is 9. The molecule has 0 spiro atoms. The van der Waals surface area contributed by atoms with E-state index < -0.39 is 54.2 Å². The SMILES string of the molecule is COC(C(C)C(=O)NC(Cc1ccccc1)C(=O)NCc1ccc(NC(=O)C(CCCNC(N)=O)NC(=O)CNC(=O)CCC(=O)N2CCC(C(N)=O)CC2C)cc1)C1CCCN1C. The molecule has 4 rings (SSSR count). The number of carbonyl (C=O) groups is 8. The van der Waals surface area contributed by atoms with Crippen molar-refractivity contribution < 1.29 is 43.1 Å². The van der Waals surface area contributed by atoms with E-state index in [1.54, 1.807) is 36.3 Å². The Morgan fingerprint density at radius 1 is 0.797 bits per heavy atom. The van der Waals surface area contributed by atoms with Gasteiger partial charge in [0.2, 0.25) is 41.4 Å². The molecule has 10 N–H and O–H groups in total. The van der Waals surface area contributed by atoms with Crippen molar-refractivity contribution in [2.75, 3.05) is 45.7 Å². The van der Waals surface area contributed by atoms with E-state index in [4.69, 9.17) is 16.2 Å². The fraction of sp³-hybridized carbons (Fsp3) is 0.556. The molecule has 7 unspecified atom stereocenters. The molecule has 0 radical (unpaired) electrons. The number of nitrogens with two attached hydrogens (primary N) is 2. The number of primary amides is 2. The highest BCUT2D eigenvalue weighted by atomic mass is 16.5. The van der Waals surface area contributed by atoms with Crippen molar-refractivity contribution in [3.63, 3.8) is 0 Å². The van der Waals surface area contributed by atoms with Crippen LogP contribution in [-0.4, -0.2) is 128 Å². The number of urea groups is 1. The number of likely N-dealkylation sites (N-methyl/N-ethyl adjacent to an activating group) is 1. The topological polar surface area (TPSA) is 276 Å². The third-order valence-corrected chi connectivity index (χ3v) is 12.0. The van der Waals surface area contributed by atoms with E-state index >= 15 is 0 Å². The van der Waals surface area contributed by atoms with E-state index in [1.807, 2.05) is 51.2 Å². The van der Waals surface area contributed by atoms with Gasteiger partial charge in [0.25, 0.3) is 0 Å². The summed E-state index contributed by atoms with van der Waals surface area (Å²) in [5.41, 5.74) is 12.6. The summed E-state index contributed by atoms with van der Waals surface area (Å²) in [4.78, 5) is 106. The molecule has 2 fully saturated rings. The first kappa shape index (κ1) is 50.6. The second-order valence-electron chi connectivity index (χ2n) is 16.7. The van der Waals surface area contributed by atoms with Crippen molar-refractivity contribution in [1.29, 1.82) is 0 Å². The largest absolute Gasteiger partial charge is 0.379 e. The van der Waals surface area contributed by atoms with Gasteiger partial charge in [-0.05, 0) is 82.3 Å². The summed E-state index contributed by atoms with van der Waals surface area (Å²) >= 11 is 0. The van der Waals surface area contributed by atoms with E-state index in [-0.39, 0.29) is 80.6 Å². The van der Waals surface area contributed by atoms with Gasteiger partial charge in [0.1, 0.15) is 12.1 Å². The Hall–Kier alpha value is -6.08. The number of nitrogens with zero attached hydrogens (tertiary/aromatic N) is 2. The highest BCUT2D eigenvalue weighted by Crippen LogP contribution is 2.26. The quantitative estimate of drug-likeness (QED) is 0.0722. The Labute approximate surface area is 374 Å². The lowest BCUT2D eigenvalue weighted by molar-refractivity contribution is -0.139. The zero-order valence-electron chi connectivity index (χ0n) is 37.4. The molecule has 9 amide bonds. The van der Waals surface area contributed by atoms with Crippen molar-refractivity contribution in [3.8, 4) is 0 Å². The Morgan fingerprint density at radius 2 is 1.52 bits per heavy atom. The summed E-state index contributed by atoms with van der Waals surface area (Å²) in [6.45, 7) is 4.79. The summed E-state index contributed by atoms with van der Waals surface area (Å²) in [7, 11) is 3.63. The predicted octanol–water partition coefficient (Wildman–Crippen LogP) is 0.656. The molecule has 0 saturated carbocycles. The van der Waals surface area contributed by atoms with E-state index in [1.165, 1.54) is 0 Å². The van der Waals surface area contributed by atoms with Gasteiger partial charge >= 0.3 is 6.03 Å². The van der Waals surface area contributed by atoms with Crippen LogP contribution in [0.4, 0.5) is 10.5 Å². The number of ether oxygens (including phenoxy) is 1. The van der Waals surface area contributed by atoms with Crippen LogP contribution in [0.25, 0.3) is 0 Å². The van der Waals surface area contributed by atoms with E-state index in [0.717, 1.165) is 30.5 Å². The summed E-state index contributed by atoms with van der Waals surface area (Å²) in [5.74, 6) is -3.80. The van der Waals surface area contributed by atoms with E-state index in [9.17, 15) is 38.4 Å². The van der Waals surface area contributed by atoms with Crippen LogP contribution in [0.2, 0.25) is 0 Å². The van der Waals surface area contributed by atoms with Gasteiger partial charge in [-0.1, -0.05) is 49.4 Å². The maximum atomic E-state index is 13.7. The number of anilines is 1. The second-order valence-corrected chi connectivity index (χ2v) is 16.7. The molecule has 19 nitrogen and oxygen atoms in total. The van der Waals surface area contributed by atoms with Crippen molar-refractivity contribution in [2.24, 2.45) is 23.3 Å². The zero-order chi connectivity index (χ0) is 46.8. The van der Waals surface area contributed by atoms with Crippen molar-refractivity contribution >= 4 is 53.1 Å². The normalized spacial score (nSPS) is 19.2. The monoisotopic (exact) mass is 891 g/mol. The molecule has 2 aromatic rings. The van der Waals surface area contributed by atoms with Crippen LogP contribution in [-0.2, 0) is 51.3 Å². The molecule has 0 aliphatic carbocycles. The van der Waals surface area contributed by atoms with Gasteiger partial charge in [0.15, 0.2) is 0 Å². The molecular formula is C45H66N10O9. The number of piperidine rings is 1. The van der Waals surface area contributed by atoms with Crippen molar-refractivity contribution in [1.82, 2.24) is 36.4 Å². The fourth-order valence-corrected chi connectivity index (χ4v) is 8.27. The lowest BCUT2D eigenvalue weighted by Crippen LogP contribution is -2.53. The second kappa shape index (κ2) is 25.3. The maximum absolute atomic E-state index is 13.7. The smallest absolute Gasteiger partial charge is 0.312 e. The molecule has 2 saturated heterocycles. The standard InChI is InChI=1S/C45H66N10O9/c1-28-24-32(41(46)59)20-23-55(28)39(58)19-18-37(56)49-27-38(57)52-34(12-8-21-48-45(47)63)44(62)51-33-16-14-31(15-17-33)26-50-43(61)35(25-30-10-6-5-7-11-30)53-42(60)29(2)40(64-4)36-13-9-22-54(36)3/h5-7,10-11,14-17,28-29,32,34-36,40H,8-9,12-13,18-27H2,1-4H3,(H2,46,59)(H,49,56)(H,50,61)(H,51,62)(H,52,57)(H,53,60)(H3,47,48,63). The number of methoxy groups -OCH3 is 1. The van der Waals surface area contributed by atoms with Gasteiger partial charge < -0.3 is 57.9 Å². The Bertz CT molecular complexity index is 1920. The average molecular weight is 891 g/mol. The van der Waals surface area contributed by atoms with Crippen LogP contribution in [0, 0.1) is 11.8 Å². The van der Waals surface area contributed by atoms with Gasteiger partial charge in [-0.25, -0.2) is 4.79 Å². The number of benzene rings is 2. The van der Waals surface area contributed by atoms with Crippen LogP contribution in [0.3, 0.4) is 0 Å². The molecule has 0 bridgehead atoms. The van der Waals surface area contributed by atoms with Crippen molar-refractivity contribution in [2.45, 2.75) is 108 Å². The number of carbonyl (C=O) groups excluding carboxylic acids is 8. The highest BCUT2D eigenvalue weighted by Gasteiger charge is 2.37. The number of nitrogens with one attached hydrogen (secondary N) is 6. The van der Waals surface area contributed by atoms with Crippen LogP contribution < -0.4 is 43.4 Å². The fourth-order valence-electron chi connectivity index (χ4n) is 8.27. The maximum Gasteiger partial charge on any atom is 0.312 e. The summed E-state index contributed by atoms with van der Waals surface area (Å²) in [6, 6.07) is 13.4. The number of likely N-dealkylation sites (tertiary alicyclic amines) is 2. The van der Waals surface area contributed by atoms with Crippen LogP contribution in [0.5, 0.6) is 0 Å². The first-order valence-corrected chi connectivity index (χ1v) is 22.0. The molecular weight excluding hydrogens is 825 g/mol. The van der Waals surface area contributed by atoms with Gasteiger partial charge in [0.05, 0.1) is 18.6 Å². The molecule has 7 atom stereocenters. The lowest BCUT2D eigenvalue weighted by Gasteiger charge is -2.36. The molecule has 2 aromatic carbocycles. The molecule has 0 aromatic heterocycles. The van der Waals surface area contributed by atoms with Crippen LogP contribution in [0.1, 0.15) is 76.3 Å². The van der Waals surface area contributed by atoms with Crippen LogP contribution in [0.15, 0.2) is 54.6 Å². The summed E-state index contributed by atoms with van der Waals surface area (Å²) in [6.07, 6.45) is 2.99. The highest BCUT2D eigenvalue weighted by molar-refractivity contribution is 5.98. The Balaban J connectivity index is 1.29. The molecule has 64 heavy (non-hydrogen) atoms.